The minimum absolute atomic E-state index is 0.160. The van der Waals surface area contributed by atoms with Crippen molar-refractivity contribution in [3.63, 3.8) is 0 Å². The van der Waals surface area contributed by atoms with E-state index in [0.29, 0.717) is 6.61 Å². The Bertz CT molecular complexity index is 370. The van der Waals surface area contributed by atoms with Crippen LogP contribution in [0.3, 0.4) is 0 Å². The van der Waals surface area contributed by atoms with Gasteiger partial charge in [-0.1, -0.05) is 0 Å². The van der Waals surface area contributed by atoms with Gasteiger partial charge in [0.25, 0.3) is 0 Å². The number of pyridine rings is 1. The first-order chi connectivity index (χ1) is 7.88. The van der Waals surface area contributed by atoms with Crippen LogP contribution in [0.4, 0.5) is 4.39 Å². The highest BCUT2D eigenvalue weighted by atomic mass is 19.1. The number of carbonyl (C=O) groups is 1. The minimum Gasteiger partial charge on any atom is -0.460 e. The molecular weight excluding hydrogens is 225 g/mol. The van der Waals surface area contributed by atoms with E-state index in [2.05, 4.69) is 4.98 Å². The van der Waals surface area contributed by atoms with Crippen LogP contribution in [0, 0.1) is 5.95 Å². The normalized spacial score (nSPS) is 11.3. The predicted molar refractivity (Wildman–Crippen MR) is 60.2 cm³/mol. The van der Waals surface area contributed by atoms with Crippen LogP contribution < -0.4 is 0 Å². The van der Waals surface area contributed by atoms with Gasteiger partial charge in [0, 0.05) is 6.20 Å². The van der Waals surface area contributed by atoms with Crippen LogP contribution in [0.5, 0.6) is 0 Å². The Labute approximate surface area is 99.8 Å². The standard InChI is InChI=1S/C12H16FNO3/c1-12(2,3)17-7-6-16-11(15)9-4-5-10(13)14-8-9/h4-5,8H,6-7H2,1-3H3. The minimum atomic E-state index is -0.627. The molecule has 0 unspecified atom stereocenters. The second-order valence-corrected chi connectivity index (χ2v) is 4.47. The lowest BCUT2D eigenvalue weighted by atomic mass is 10.2. The van der Waals surface area contributed by atoms with Crippen molar-refractivity contribution in [1.29, 1.82) is 0 Å². The molecule has 0 fully saturated rings. The van der Waals surface area contributed by atoms with Gasteiger partial charge in [0.2, 0.25) is 5.95 Å². The molecule has 0 N–H and O–H groups in total. The molecule has 0 aliphatic carbocycles. The Balaban J connectivity index is 2.33. The highest BCUT2D eigenvalue weighted by molar-refractivity contribution is 5.88. The number of hydrogen-bond donors (Lipinski definition) is 0. The third-order valence-corrected chi connectivity index (χ3v) is 1.81. The predicted octanol–water partition coefficient (Wildman–Crippen LogP) is 2.19. The molecule has 1 rings (SSSR count). The van der Waals surface area contributed by atoms with Crippen molar-refractivity contribution in [3.8, 4) is 0 Å². The summed E-state index contributed by atoms with van der Waals surface area (Å²) < 4.78 is 22.8. The van der Waals surface area contributed by atoms with E-state index >= 15 is 0 Å². The number of carbonyl (C=O) groups excluding carboxylic acids is 1. The van der Waals surface area contributed by atoms with Crippen LogP contribution in [0.2, 0.25) is 0 Å². The molecule has 0 saturated heterocycles. The Hall–Kier alpha value is -1.49. The van der Waals surface area contributed by atoms with Gasteiger partial charge in [-0.25, -0.2) is 9.78 Å². The van der Waals surface area contributed by atoms with Crippen LogP contribution in [0.15, 0.2) is 18.3 Å². The Morgan fingerprint density at radius 1 is 1.35 bits per heavy atom. The number of rotatable bonds is 4. The van der Waals surface area contributed by atoms with E-state index in [4.69, 9.17) is 9.47 Å². The summed E-state index contributed by atoms with van der Waals surface area (Å²) in [5.41, 5.74) is -0.0359. The maximum absolute atomic E-state index is 12.5. The van der Waals surface area contributed by atoms with E-state index in [-0.39, 0.29) is 17.8 Å². The number of aromatic nitrogens is 1. The molecule has 4 nitrogen and oxygen atoms in total. The number of ether oxygens (including phenoxy) is 2. The molecule has 0 spiro atoms. The van der Waals surface area contributed by atoms with Gasteiger partial charge in [0.05, 0.1) is 17.8 Å². The summed E-state index contributed by atoms with van der Waals surface area (Å²) in [6.45, 7) is 6.23. The highest BCUT2D eigenvalue weighted by Crippen LogP contribution is 2.06. The first-order valence-corrected chi connectivity index (χ1v) is 5.31. The fourth-order valence-electron chi connectivity index (χ4n) is 1.06. The molecule has 0 radical (unpaired) electrons. The zero-order valence-electron chi connectivity index (χ0n) is 10.2. The number of halogens is 1. The molecular formula is C12H16FNO3. The molecule has 1 heterocycles. The van der Waals surface area contributed by atoms with E-state index in [0.717, 1.165) is 12.3 Å². The molecule has 0 saturated carbocycles. The maximum atomic E-state index is 12.5. The number of nitrogens with zero attached hydrogens (tertiary/aromatic N) is 1. The van der Waals surface area contributed by atoms with Gasteiger partial charge >= 0.3 is 5.97 Å². The van der Waals surface area contributed by atoms with Crippen LogP contribution in [-0.4, -0.2) is 29.8 Å². The van der Waals surface area contributed by atoms with Gasteiger partial charge in [-0.05, 0) is 32.9 Å². The van der Waals surface area contributed by atoms with Gasteiger partial charge < -0.3 is 9.47 Å². The fraction of sp³-hybridized carbons (Fsp3) is 0.500. The van der Waals surface area contributed by atoms with E-state index in [1.165, 1.54) is 6.07 Å². The van der Waals surface area contributed by atoms with Crippen molar-refractivity contribution in [2.45, 2.75) is 26.4 Å². The van der Waals surface area contributed by atoms with Crippen molar-refractivity contribution in [2.75, 3.05) is 13.2 Å². The smallest absolute Gasteiger partial charge is 0.339 e. The molecule has 0 amide bonds. The van der Waals surface area contributed by atoms with Gasteiger partial charge in [-0.15, -0.1) is 0 Å². The zero-order chi connectivity index (χ0) is 12.9. The third-order valence-electron chi connectivity index (χ3n) is 1.81. The topological polar surface area (TPSA) is 48.4 Å². The van der Waals surface area contributed by atoms with Crippen molar-refractivity contribution in [1.82, 2.24) is 4.98 Å². The second kappa shape index (κ2) is 5.72. The Morgan fingerprint density at radius 2 is 2.06 bits per heavy atom. The summed E-state index contributed by atoms with van der Waals surface area (Å²) >= 11 is 0. The highest BCUT2D eigenvalue weighted by Gasteiger charge is 2.11. The quantitative estimate of drug-likeness (QED) is 0.460. The largest absolute Gasteiger partial charge is 0.460 e. The first-order valence-electron chi connectivity index (χ1n) is 5.31. The summed E-state index contributed by atoms with van der Waals surface area (Å²) in [7, 11) is 0. The van der Waals surface area contributed by atoms with Crippen molar-refractivity contribution in [3.05, 3.63) is 29.8 Å². The summed E-state index contributed by atoms with van der Waals surface area (Å²) in [5, 5.41) is 0. The van der Waals surface area contributed by atoms with Gasteiger partial charge in [0.1, 0.15) is 6.61 Å². The van der Waals surface area contributed by atoms with E-state index in [1.54, 1.807) is 0 Å². The van der Waals surface area contributed by atoms with E-state index in [1.807, 2.05) is 20.8 Å². The Morgan fingerprint density at radius 3 is 2.59 bits per heavy atom. The van der Waals surface area contributed by atoms with E-state index < -0.39 is 11.9 Å². The summed E-state index contributed by atoms with van der Waals surface area (Å²) in [6.07, 6.45) is 1.14. The maximum Gasteiger partial charge on any atom is 0.339 e. The fourth-order valence-corrected chi connectivity index (χ4v) is 1.06. The zero-order valence-corrected chi connectivity index (χ0v) is 10.2. The molecule has 94 valence electrons. The molecule has 0 atom stereocenters. The lowest BCUT2D eigenvalue weighted by Crippen LogP contribution is -2.22. The monoisotopic (exact) mass is 241 g/mol. The average molecular weight is 241 g/mol. The first kappa shape index (κ1) is 13.6. The van der Waals surface area contributed by atoms with E-state index in [9.17, 15) is 9.18 Å². The molecule has 5 heteroatoms. The number of esters is 1. The molecule has 0 bridgehead atoms. The molecule has 1 aromatic heterocycles. The summed E-state index contributed by atoms with van der Waals surface area (Å²) in [4.78, 5) is 14.8. The van der Waals surface area contributed by atoms with Gasteiger partial charge in [-0.3, -0.25) is 0 Å². The molecule has 17 heavy (non-hydrogen) atoms. The lowest BCUT2D eigenvalue weighted by Gasteiger charge is -2.19. The van der Waals surface area contributed by atoms with Crippen molar-refractivity contribution >= 4 is 5.97 Å². The molecule has 0 aliphatic heterocycles. The molecule has 0 aliphatic rings. The Kier molecular flexibility index (Phi) is 4.57. The average Bonchev–Trinajstić information content (AvgIpc) is 2.24. The van der Waals surface area contributed by atoms with Gasteiger partial charge in [-0.2, -0.15) is 4.39 Å². The summed E-state index contributed by atoms with van der Waals surface area (Å²) in [6, 6.07) is 2.44. The molecule has 1 aromatic rings. The van der Waals surface area contributed by atoms with Gasteiger partial charge in [0.15, 0.2) is 0 Å². The van der Waals surface area contributed by atoms with Crippen LogP contribution in [-0.2, 0) is 9.47 Å². The van der Waals surface area contributed by atoms with Crippen LogP contribution >= 0.6 is 0 Å². The van der Waals surface area contributed by atoms with Crippen molar-refractivity contribution < 1.29 is 18.7 Å². The summed E-state index contributed by atoms with van der Waals surface area (Å²) in [5.74, 6) is -1.16. The third kappa shape index (κ3) is 5.40. The lowest BCUT2D eigenvalue weighted by molar-refractivity contribution is -0.0281. The molecule has 0 aromatic carbocycles. The van der Waals surface area contributed by atoms with Crippen LogP contribution in [0.1, 0.15) is 31.1 Å². The van der Waals surface area contributed by atoms with Crippen LogP contribution in [0.25, 0.3) is 0 Å². The SMILES string of the molecule is CC(C)(C)OCCOC(=O)c1ccc(F)nc1. The van der Waals surface area contributed by atoms with Crippen molar-refractivity contribution in [2.24, 2.45) is 0 Å². The number of hydrogen-bond acceptors (Lipinski definition) is 4. The second-order valence-electron chi connectivity index (χ2n) is 4.47.